The molecule has 0 spiro atoms. The first-order valence-electron chi connectivity index (χ1n) is 5.50. The Morgan fingerprint density at radius 1 is 1.38 bits per heavy atom. The van der Waals surface area contributed by atoms with E-state index in [4.69, 9.17) is 0 Å². The summed E-state index contributed by atoms with van der Waals surface area (Å²) in [6.07, 6.45) is 2.78. The normalized spacial score (nSPS) is 27.9. The van der Waals surface area contributed by atoms with Gasteiger partial charge in [-0.05, 0) is 50.8 Å². The molecule has 0 N–H and O–H groups in total. The Balaban J connectivity index is 2.41. The Hall–Kier alpha value is 0.310. The molecule has 1 fully saturated rings. The molecule has 0 aromatic carbocycles. The van der Waals surface area contributed by atoms with Crippen molar-refractivity contribution in [1.82, 2.24) is 4.90 Å². The minimum absolute atomic E-state index is 0.718. The first kappa shape index (κ1) is 11.4. The maximum atomic E-state index is 4.39. The van der Waals surface area contributed by atoms with Crippen molar-refractivity contribution in [3.8, 4) is 0 Å². The molecule has 0 amide bonds. The van der Waals surface area contributed by atoms with Crippen LogP contribution in [0.5, 0.6) is 0 Å². The van der Waals surface area contributed by atoms with Gasteiger partial charge < -0.3 is 4.90 Å². The van der Waals surface area contributed by atoms with E-state index in [0.29, 0.717) is 0 Å². The summed E-state index contributed by atoms with van der Waals surface area (Å²) < 4.78 is 0. The predicted octanol–water partition coefficient (Wildman–Crippen LogP) is 2.67. The molecule has 0 aliphatic carbocycles. The fraction of sp³-hybridized carbons (Fsp3) is 1.00. The van der Waals surface area contributed by atoms with Gasteiger partial charge >= 0.3 is 0 Å². The van der Waals surface area contributed by atoms with Crippen molar-refractivity contribution in [3.63, 3.8) is 0 Å². The summed E-state index contributed by atoms with van der Waals surface area (Å²) in [6, 6.07) is 0.718. The molecule has 1 aliphatic rings. The van der Waals surface area contributed by atoms with Crippen molar-refractivity contribution in [1.29, 1.82) is 0 Å². The fourth-order valence-corrected chi connectivity index (χ4v) is 2.42. The van der Waals surface area contributed by atoms with E-state index < -0.39 is 0 Å². The van der Waals surface area contributed by atoms with Gasteiger partial charge in [0.25, 0.3) is 0 Å². The molecular weight excluding hydrogens is 178 g/mol. The molecule has 1 saturated heterocycles. The van der Waals surface area contributed by atoms with Gasteiger partial charge in [-0.2, -0.15) is 12.6 Å². The molecule has 2 unspecified atom stereocenters. The van der Waals surface area contributed by atoms with Crippen LogP contribution in [0.4, 0.5) is 0 Å². The van der Waals surface area contributed by atoms with Crippen molar-refractivity contribution in [3.05, 3.63) is 0 Å². The van der Waals surface area contributed by atoms with E-state index in [9.17, 15) is 0 Å². The quantitative estimate of drug-likeness (QED) is 0.687. The summed E-state index contributed by atoms with van der Waals surface area (Å²) in [7, 11) is 0. The topological polar surface area (TPSA) is 3.24 Å². The van der Waals surface area contributed by atoms with E-state index in [-0.39, 0.29) is 0 Å². The molecule has 1 nitrogen and oxygen atoms in total. The maximum Gasteiger partial charge on any atom is 0.00387 e. The van der Waals surface area contributed by atoms with E-state index in [1.54, 1.807) is 0 Å². The van der Waals surface area contributed by atoms with Gasteiger partial charge in [0.1, 0.15) is 0 Å². The standard InChI is InChI=1S/C11H23NS/c1-9(2)12-6-4-5-11(7-12)10(3)8-13/h9-11,13H,4-8H2,1-3H3. The molecule has 2 atom stereocenters. The van der Waals surface area contributed by atoms with Gasteiger partial charge in [-0.25, -0.2) is 0 Å². The summed E-state index contributed by atoms with van der Waals surface area (Å²) in [4.78, 5) is 2.61. The highest BCUT2D eigenvalue weighted by Gasteiger charge is 2.24. The zero-order chi connectivity index (χ0) is 9.84. The number of nitrogens with zero attached hydrogens (tertiary/aromatic N) is 1. The van der Waals surface area contributed by atoms with Crippen LogP contribution in [0, 0.1) is 11.8 Å². The van der Waals surface area contributed by atoms with Crippen LogP contribution in [0.3, 0.4) is 0 Å². The molecular formula is C11H23NS. The second-order valence-corrected chi connectivity index (χ2v) is 5.02. The van der Waals surface area contributed by atoms with E-state index in [0.717, 1.165) is 23.6 Å². The zero-order valence-electron chi connectivity index (χ0n) is 9.16. The zero-order valence-corrected chi connectivity index (χ0v) is 10.1. The van der Waals surface area contributed by atoms with E-state index in [1.807, 2.05) is 0 Å². The highest BCUT2D eigenvalue weighted by Crippen LogP contribution is 2.25. The van der Waals surface area contributed by atoms with Crippen LogP contribution in [0.15, 0.2) is 0 Å². The lowest BCUT2D eigenvalue weighted by Gasteiger charge is -2.37. The number of rotatable bonds is 3. The van der Waals surface area contributed by atoms with Crippen molar-refractivity contribution >= 4 is 12.6 Å². The van der Waals surface area contributed by atoms with Crippen molar-refractivity contribution in [2.75, 3.05) is 18.8 Å². The second kappa shape index (κ2) is 5.26. The molecule has 0 aromatic heterocycles. The molecule has 1 aliphatic heterocycles. The number of hydrogen-bond donors (Lipinski definition) is 1. The highest BCUT2D eigenvalue weighted by molar-refractivity contribution is 7.80. The van der Waals surface area contributed by atoms with Crippen LogP contribution >= 0.6 is 12.6 Å². The Kier molecular flexibility index (Phi) is 4.60. The van der Waals surface area contributed by atoms with Gasteiger partial charge in [-0.1, -0.05) is 6.92 Å². The molecule has 0 bridgehead atoms. The fourth-order valence-electron chi connectivity index (χ4n) is 2.12. The van der Waals surface area contributed by atoms with Gasteiger partial charge in [0.15, 0.2) is 0 Å². The average molecular weight is 201 g/mol. The molecule has 0 saturated carbocycles. The molecule has 0 aromatic rings. The minimum Gasteiger partial charge on any atom is -0.301 e. The van der Waals surface area contributed by atoms with Crippen molar-refractivity contribution < 1.29 is 0 Å². The third-order valence-corrected chi connectivity index (χ3v) is 3.89. The Morgan fingerprint density at radius 3 is 2.62 bits per heavy atom. The maximum absolute atomic E-state index is 4.39. The van der Waals surface area contributed by atoms with Gasteiger partial charge in [-0.3, -0.25) is 0 Å². The monoisotopic (exact) mass is 201 g/mol. The number of piperidine rings is 1. The van der Waals surface area contributed by atoms with Crippen LogP contribution < -0.4 is 0 Å². The van der Waals surface area contributed by atoms with E-state index >= 15 is 0 Å². The van der Waals surface area contributed by atoms with Gasteiger partial charge in [0.05, 0.1) is 0 Å². The number of likely N-dealkylation sites (tertiary alicyclic amines) is 1. The third-order valence-electron chi connectivity index (χ3n) is 3.31. The lowest BCUT2D eigenvalue weighted by molar-refractivity contribution is 0.118. The minimum atomic E-state index is 0.718. The first-order chi connectivity index (χ1) is 6.15. The van der Waals surface area contributed by atoms with E-state index in [1.165, 1.54) is 25.9 Å². The lowest BCUT2D eigenvalue weighted by Crippen LogP contribution is -2.42. The molecule has 1 heterocycles. The number of hydrogen-bond acceptors (Lipinski definition) is 2. The first-order valence-corrected chi connectivity index (χ1v) is 6.13. The van der Waals surface area contributed by atoms with Crippen LogP contribution in [0.1, 0.15) is 33.6 Å². The van der Waals surface area contributed by atoms with Crippen molar-refractivity contribution in [2.45, 2.75) is 39.7 Å². The van der Waals surface area contributed by atoms with Gasteiger partial charge in [0.2, 0.25) is 0 Å². The summed E-state index contributed by atoms with van der Waals surface area (Å²) in [5.74, 6) is 2.70. The largest absolute Gasteiger partial charge is 0.301 e. The molecule has 2 heteroatoms. The Labute approximate surface area is 88.3 Å². The summed E-state index contributed by atoms with van der Waals surface area (Å²) >= 11 is 4.39. The highest BCUT2D eigenvalue weighted by atomic mass is 32.1. The molecule has 78 valence electrons. The van der Waals surface area contributed by atoms with Crippen LogP contribution in [0.2, 0.25) is 0 Å². The lowest BCUT2D eigenvalue weighted by atomic mass is 9.87. The predicted molar refractivity (Wildman–Crippen MR) is 62.5 cm³/mol. The van der Waals surface area contributed by atoms with Crippen LogP contribution in [0.25, 0.3) is 0 Å². The molecule has 13 heavy (non-hydrogen) atoms. The van der Waals surface area contributed by atoms with Crippen LogP contribution in [-0.2, 0) is 0 Å². The van der Waals surface area contributed by atoms with Crippen molar-refractivity contribution in [2.24, 2.45) is 11.8 Å². The van der Waals surface area contributed by atoms with Gasteiger partial charge in [0, 0.05) is 12.6 Å². The second-order valence-electron chi connectivity index (χ2n) is 4.65. The van der Waals surface area contributed by atoms with Gasteiger partial charge in [-0.15, -0.1) is 0 Å². The summed E-state index contributed by atoms with van der Waals surface area (Å²) in [6.45, 7) is 9.52. The summed E-state index contributed by atoms with van der Waals surface area (Å²) in [5, 5.41) is 0. The Bertz CT molecular complexity index is 147. The average Bonchev–Trinajstić information content (AvgIpc) is 2.17. The van der Waals surface area contributed by atoms with Crippen LogP contribution in [-0.4, -0.2) is 29.8 Å². The Morgan fingerprint density at radius 2 is 2.08 bits per heavy atom. The third kappa shape index (κ3) is 3.17. The molecule has 1 rings (SSSR count). The summed E-state index contributed by atoms with van der Waals surface area (Å²) in [5.41, 5.74) is 0. The van der Waals surface area contributed by atoms with E-state index in [2.05, 4.69) is 38.3 Å². The smallest absolute Gasteiger partial charge is 0.00387 e. The number of thiol groups is 1. The molecule has 0 radical (unpaired) electrons. The SMILES string of the molecule is CC(CS)C1CCCN(C(C)C)C1.